The molecule has 3 saturated heterocycles. The summed E-state index contributed by atoms with van der Waals surface area (Å²) in [5.41, 5.74) is 1.48. The summed E-state index contributed by atoms with van der Waals surface area (Å²) in [5, 5.41) is 0. The number of hydrogen-bond donors (Lipinski definition) is 0. The van der Waals surface area contributed by atoms with Crippen LogP contribution in [0.1, 0.15) is 40.6 Å². The zero-order chi connectivity index (χ0) is 20.0. The largest absolute Gasteiger partial charge is 0.464 e. The van der Waals surface area contributed by atoms with Crippen LogP contribution in [0.2, 0.25) is 0 Å². The maximum Gasteiger partial charge on any atom is 0.358 e. The summed E-state index contributed by atoms with van der Waals surface area (Å²) in [4.78, 5) is 37.2. The lowest BCUT2D eigenvalue weighted by Gasteiger charge is -2.33. The fourth-order valence-electron chi connectivity index (χ4n) is 4.89. The van der Waals surface area contributed by atoms with Crippen LogP contribution in [0.5, 0.6) is 0 Å². The summed E-state index contributed by atoms with van der Waals surface area (Å²) in [6, 6.07) is 10.0. The fraction of sp³-hybridized carbons (Fsp3) is 0.429. The number of rotatable bonds is 4. The second-order valence-corrected chi connectivity index (χ2v) is 7.67. The van der Waals surface area contributed by atoms with Gasteiger partial charge in [-0.1, -0.05) is 30.3 Å². The lowest BCUT2D eigenvalue weighted by molar-refractivity contribution is -0.138. The maximum atomic E-state index is 12.9. The highest BCUT2D eigenvalue weighted by Crippen LogP contribution is 2.51. The van der Waals surface area contributed by atoms with E-state index in [1.807, 2.05) is 23.1 Å². The zero-order valence-electron chi connectivity index (χ0n) is 16.2. The molecule has 0 aliphatic carbocycles. The second kappa shape index (κ2) is 6.89. The third kappa shape index (κ3) is 2.82. The van der Waals surface area contributed by atoms with E-state index in [0.29, 0.717) is 19.6 Å². The maximum absolute atomic E-state index is 12.9. The normalized spacial score (nSPS) is 28.4. The second-order valence-electron chi connectivity index (χ2n) is 7.67. The van der Waals surface area contributed by atoms with Crippen LogP contribution in [0.15, 0.2) is 42.7 Å². The first-order chi connectivity index (χ1) is 14.1. The third-order valence-electron chi connectivity index (χ3n) is 6.22. The molecule has 1 spiro atoms. The van der Waals surface area contributed by atoms with E-state index in [2.05, 4.69) is 31.7 Å². The molecule has 0 unspecified atom stereocenters. The summed E-state index contributed by atoms with van der Waals surface area (Å²) in [7, 11) is 1.31. The van der Waals surface area contributed by atoms with Crippen molar-refractivity contribution in [2.24, 2.45) is 0 Å². The number of nitrogens with zero attached hydrogens (tertiary/aromatic N) is 4. The van der Waals surface area contributed by atoms with Crippen molar-refractivity contribution in [3.63, 3.8) is 0 Å². The monoisotopic (exact) mass is 394 g/mol. The highest BCUT2D eigenvalue weighted by Gasteiger charge is 2.64. The number of carbonyl (C=O) groups excluding carboxylic acids is 2. The van der Waals surface area contributed by atoms with E-state index in [4.69, 9.17) is 4.74 Å². The van der Waals surface area contributed by atoms with E-state index >= 15 is 0 Å². The summed E-state index contributed by atoms with van der Waals surface area (Å²) in [5.74, 6) is -0.370. The molecular formula is C21H22N4O4. The molecule has 4 heterocycles. The van der Waals surface area contributed by atoms with E-state index in [1.165, 1.54) is 13.3 Å². The molecule has 150 valence electrons. The fourth-order valence-corrected chi connectivity index (χ4v) is 4.89. The van der Waals surface area contributed by atoms with Gasteiger partial charge < -0.3 is 14.4 Å². The van der Waals surface area contributed by atoms with E-state index in [9.17, 15) is 9.59 Å². The van der Waals surface area contributed by atoms with Gasteiger partial charge in [-0.3, -0.25) is 14.7 Å². The lowest BCUT2D eigenvalue weighted by atomic mass is 10.0. The number of methoxy groups -OCH3 is 1. The molecular weight excluding hydrogens is 372 g/mol. The van der Waals surface area contributed by atoms with Gasteiger partial charge >= 0.3 is 5.97 Å². The average molecular weight is 394 g/mol. The predicted molar refractivity (Wildman–Crippen MR) is 102 cm³/mol. The summed E-state index contributed by atoms with van der Waals surface area (Å²) in [6.45, 7) is 1.89. The van der Waals surface area contributed by atoms with Gasteiger partial charge in [-0.15, -0.1) is 0 Å². The molecule has 29 heavy (non-hydrogen) atoms. The quantitative estimate of drug-likeness (QED) is 0.727. The molecule has 3 atom stereocenters. The van der Waals surface area contributed by atoms with E-state index in [1.54, 1.807) is 6.20 Å². The van der Waals surface area contributed by atoms with Crippen LogP contribution in [0, 0.1) is 0 Å². The van der Waals surface area contributed by atoms with Gasteiger partial charge in [0.05, 0.1) is 43.9 Å². The number of carbonyl (C=O) groups is 2. The van der Waals surface area contributed by atoms with Crippen LogP contribution < -0.4 is 0 Å². The minimum absolute atomic E-state index is 0.00852. The standard InChI is InChI=1S/C21H22N4O4/c1-28-20(27)16-11-22-15(10-23-16)12-24-8-7-21-18(24)9-19(26)25(21)17(13-29-21)14-5-3-2-4-6-14/h2-6,10-11,17-18H,7-9,12-13H2,1H3/t17-,18+,21-/m0/s1. The Morgan fingerprint density at radius 1 is 1.28 bits per heavy atom. The minimum atomic E-state index is -0.559. The highest BCUT2D eigenvalue weighted by atomic mass is 16.5. The van der Waals surface area contributed by atoms with Gasteiger partial charge in [0, 0.05) is 25.9 Å². The van der Waals surface area contributed by atoms with Crippen molar-refractivity contribution in [3.8, 4) is 0 Å². The number of benzene rings is 1. The van der Waals surface area contributed by atoms with Gasteiger partial charge in [-0.05, 0) is 5.56 Å². The first-order valence-electron chi connectivity index (χ1n) is 9.77. The van der Waals surface area contributed by atoms with Crippen molar-refractivity contribution >= 4 is 11.9 Å². The van der Waals surface area contributed by atoms with Crippen molar-refractivity contribution in [1.29, 1.82) is 0 Å². The van der Waals surface area contributed by atoms with Crippen LogP contribution in [0.4, 0.5) is 0 Å². The van der Waals surface area contributed by atoms with Crippen molar-refractivity contribution in [3.05, 3.63) is 59.7 Å². The Morgan fingerprint density at radius 3 is 2.83 bits per heavy atom. The first-order valence-corrected chi connectivity index (χ1v) is 9.77. The first kappa shape index (κ1) is 18.2. The molecule has 1 amide bonds. The van der Waals surface area contributed by atoms with Crippen molar-refractivity contribution in [2.45, 2.75) is 37.2 Å². The zero-order valence-corrected chi connectivity index (χ0v) is 16.2. The molecule has 8 heteroatoms. The van der Waals surface area contributed by atoms with E-state index < -0.39 is 11.7 Å². The van der Waals surface area contributed by atoms with Gasteiger partial charge in [-0.25, -0.2) is 9.78 Å². The molecule has 0 radical (unpaired) electrons. The van der Waals surface area contributed by atoms with Crippen LogP contribution in [-0.2, 0) is 20.8 Å². The SMILES string of the molecule is COC(=O)c1cnc(CN2CC[C@@]34OC[C@@H](c5ccccc5)N3C(=O)C[C@@H]24)cn1. The van der Waals surface area contributed by atoms with Gasteiger partial charge in [0.15, 0.2) is 11.4 Å². The van der Waals surface area contributed by atoms with Crippen molar-refractivity contribution in [2.75, 3.05) is 20.3 Å². The summed E-state index contributed by atoms with van der Waals surface area (Å²) < 4.78 is 11.0. The van der Waals surface area contributed by atoms with Gasteiger partial charge in [0.2, 0.25) is 5.91 Å². The molecule has 5 rings (SSSR count). The highest BCUT2D eigenvalue weighted by molar-refractivity contribution is 5.86. The Kier molecular flexibility index (Phi) is 4.33. The summed E-state index contributed by atoms with van der Waals surface area (Å²) >= 11 is 0. The van der Waals surface area contributed by atoms with Crippen LogP contribution in [0.3, 0.4) is 0 Å². The number of esters is 1. The summed E-state index contributed by atoms with van der Waals surface area (Å²) in [6.07, 6.45) is 4.24. The number of aromatic nitrogens is 2. The minimum Gasteiger partial charge on any atom is -0.464 e. The molecule has 0 bridgehead atoms. The molecule has 3 fully saturated rings. The van der Waals surface area contributed by atoms with Gasteiger partial charge in [0.1, 0.15) is 0 Å². The average Bonchev–Trinajstić information content (AvgIpc) is 3.38. The third-order valence-corrected chi connectivity index (χ3v) is 6.22. The Hall–Kier alpha value is -2.84. The number of hydrogen-bond acceptors (Lipinski definition) is 7. The van der Waals surface area contributed by atoms with E-state index in [-0.39, 0.29) is 23.7 Å². The number of likely N-dealkylation sites (tertiary alicyclic amines) is 1. The van der Waals surface area contributed by atoms with Crippen molar-refractivity contribution in [1.82, 2.24) is 19.8 Å². The molecule has 0 saturated carbocycles. The molecule has 1 aromatic heterocycles. The number of ether oxygens (including phenoxy) is 2. The Balaban J connectivity index is 1.35. The molecule has 0 N–H and O–H groups in total. The van der Waals surface area contributed by atoms with Gasteiger partial charge in [-0.2, -0.15) is 0 Å². The van der Waals surface area contributed by atoms with Crippen LogP contribution >= 0.6 is 0 Å². The molecule has 3 aliphatic heterocycles. The molecule has 3 aliphatic rings. The molecule has 8 nitrogen and oxygen atoms in total. The smallest absolute Gasteiger partial charge is 0.358 e. The topological polar surface area (TPSA) is 84.9 Å². The predicted octanol–water partition coefficient (Wildman–Crippen LogP) is 1.54. The van der Waals surface area contributed by atoms with Crippen LogP contribution in [0.25, 0.3) is 0 Å². The Bertz CT molecular complexity index is 935. The van der Waals surface area contributed by atoms with Gasteiger partial charge in [0.25, 0.3) is 0 Å². The molecule has 2 aromatic rings. The Morgan fingerprint density at radius 2 is 2.10 bits per heavy atom. The number of amides is 1. The Labute approximate surface area is 168 Å². The van der Waals surface area contributed by atoms with E-state index in [0.717, 1.165) is 24.2 Å². The lowest BCUT2D eigenvalue weighted by Crippen LogP contribution is -2.48. The van der Waals surface area contributed by atoms with Crippen molar-refractivity contribution < 1.29 is 19.1 Å². The van der Waals surface area contributed by atoms with Crippen LogP contribution in [-0.4, -0.2) is 63.7 Å². The molecule has 1 aromatic carbocycles.